The minimum atomic E-state index is -0.110. The van der Waals surface area contributed by atoms with Crippen molar-refractivity contribution in [1.29, 1.82) is 0 Å². The van der Waals surface area contributed by atoms with E-state index < -0.39 is 0 Å². The van der Waals surface area contributed by atoms with Gasteiger partial charge in [-0.25, -0.2) is 4.98 Å². The van der Waals surface area contributed by atoms with Gasteiger partial charge in [-0.15, -0.1) is 11.3 Å². The molecule has 18 heavy (non-hydrogen) atoms. The Morgan fingerprint density at radius 2 is 2.39 bits per heavy atom. The van der Waals surface area contributed by atoms with Crippen LogP contribution in [0.15, 0.2) is 29.6 Å². The van der Waals surface area contributed by atoms with Gasteiger partial charge in [-0.1, -0.05) is 28.1 Å². The average Bonchev–Trinajstić information content (AvgIpc) is 2.87. The van der Waals surface area contributed by atoms with E-state index in [2.05, 4.69) is 26.2 Å². The average molecular weight is 327 g/mol. The van der Waals surface area contributed by atoms with Crippen molar-refractivity contribution in [1.82, 2.24) is 4.98 Å². The van der Waals surface area contributed by atoms with Gasteiger partial charge in [0, 0.05) is 10.9 Å². The summed E-state index contributed by atoms with van der Waals surface area (Å²) < 4.78 is 5.16. The van der Waals surface area contributed by atoms with Crippen LogP contribution in [0, 0.1) is 0 Å². The van der Waals surface area contributed by atoms with Gasteiger partial charge >= 0.3 is 0 Å². The zero-order chi connectivity index (χ0) is 13.0. The molecule has 0 aliphatic heterocycles. The predicted molar refractivity (Wildman–Crippen MR) is 76.5 cm³/mol. The number of methoxy groups -OCH3 is 1. The highest BCUT2D eigenvalue weighted by Crippen LogP contribution is 2.27. The number of carbonyl (C=O) groups is 1. The molecule has 1 N–H and O–H groups in total. The lowest BCUT2D eigenvalue weighted by atomic mass is 10.2. The number of alkyl halides is 1. The summed E-state index contributed by atoms with van der Waals surface area (Å²) in [6.07, 6.45) is 0. The van der Waals surface area contributed by atoms with Crippen molar-refractivity contribution in [3.8, 4) is 17.0 Å². The van der Waals surface area contributed by atoms with Crippen molar-refractivity contribution in [2.75, 3.05) is 17.8 Å². The van der Waals surface area contributed by atoms with Gasteiger partial charge in [-0.3, -0.25) is 4.79 Å². The van der Waals surface area contributed by atoms with Gasteiger partial charge in [-0.2, -0.15) is 0 Å². The summed E-state index contributed by atoms with van der Waals surface area (Å²) >= 11 is 4.49. The Morgan fingerprint density at radius 3 is 3.11 bits per heavy atom. The van der Waals surface area contributed by atoms with Gasteiger partial charge in [0.1, 0.15) is 5.75 Å². The minimum Gasteiger partial charge on any atom is -0.497 e. The first-order valence-electron chi connectivity index (χ1n) is 5.18. The topological polar surface area (TPSA) is 51.2 Å². The molecule has 94 valence electrons. The predicted octanol–water partition coefficient (Wildman–Crippen LogP) is 3.15. The largest absolute Gasteiger partial charge is 0.497 e. The van der Waals surface area contributed by atoms with Gasteiger partial charge in [0.2, 0.25) is 5.91 Å². The second-order valence-corrected chi connectivity index (χ2v) is 4.87. The number of anilines is 1. The molecule has 0 unspecified atom stereocenters. The maximum atomic E-state index is 11.2. The summed E-state index contributed by atoms with van der Waals surface area (Å²) in [4.78, 5) is 15.6. The molecule has 2 rings (SSSR count). The van der Waals surface area contributed by atoms with Crippen molar-refractivity contribution < 1.29 is 9.53 Å². The van der Waals surface area contributed by atoms with Crippen LogP contribution in [-0.2, 0) is 4.79 Å². The Morgan fingerprint density at radius 1 is 1.56 bits per heavy atom. The summed E-state index contributed by atoms with van der Waals surface area (Å²) in [7, 11) is 1.63. The number of carbonyl (C=O) groups excluding carboxylic acids is 1. The van der Waals surface area contributed by atoms with Crippen LogP contribution in [0.5, 0.6) is 5.75 Å². The molecule has 0 atom stereocenters. The number of hydrogen-bond acceptors (Lipinski definition) is 4. The fourth-order valence-electron chi connectivity index (χ4n) is 1.40. The Bertz CT molecular complexity index is 557. The third-order valence-corrected chi connectivity index (χ3v) is 3.50. The van der Waals surface area contributed by atoms with E-state index in [0.717, 1.165) is 17.0 Å². The van der Waals surface area contributed by atoms with E-state index in [1.807, 2.05) is 29.6 Å². The van der Waals surface area contributed by atoms with Crippen LogP contribution in [0.2, 0.25) is 0 Å². The van der Waals surface area contributed by atoms with Crippen LogP contribution in [0.3, 0.4) is 0 Å². The first-order valence-corrected chi connectivity index (χ1v) is 7.19. The smallest absolute Gasteiger partial charge is 0.236 e. The third kappa shape index (κ3) is 3.08. The van der Waals surface area contributed by atoms with Crippen molar-refractivity contribution in [2.24, 2.45) is 0 Å². The van der Waals surface area contributed by atoms with E-state index in [-0.39, 0.29) is 11.2 Å². The molecule has 4 nitrogen and oxygen atoms in total. The monoisotopic (exact) mass is 326 g/mol. The highest BCUT2D eigenvalue weighted by atomic mass is 79.9. The molecule has 0 radical (unpaired) electrons. The van der Waals surface area contributed by atoms with Gasteiger partial charge < -0.3 is 10.1 Å². The van der Waals surface area contributed by atoms with Crippen molar-refractivity contribution in [2.45, 2.75) is 0 Å². The molecular formula is C12H11BrN2O2S. The number of rotatable bonds is 4. The lowest BCUT2D eigenvalue weighted by molar-refractivity contribution is -0.113. The molecule has 1 amide bonds. The van der Waals surface area contributed by atoms with Crippen LogP contribution in [0.1, 0.15) is 0 Å². The zero-order valence-electron chi connectivity index (χ0n) is 9.64. The molecule has 1 aromatic carbocycles. The molecule has 0 aliphatic carbocycles. The molecule has 6 heteroatoms. The first-order chi connectivity index (χ1) is 8.72. The molecule has 0 spiro atoms. The van der Waals surface area contributed by atoms with E-state index >= 15 is 0 Å². The van der Waals surface area contributed by atoms with Crippen LogP contribution in [0.25, 0.3) is 11.3 Å². The number of aromatic nitrogens is 1. The van der Waals surface area contributed by atoms with E-state index in [4.69, 9.17) is 4.74 Å². The second-order valence-electron chi connectivity index (χ2n) is 3.45. The molecular weight excluding hydrogens is 316 g/mol. The van der Waals surface area contributed by atoms with E-state index in [9.17, 15) is 4.79 Å². The molecule has 0 bridgehead atoms. The maximum Gasteiger partial charge on any atom is 0.236 e. The first kappa shape index (κ1) is 13.0. The summed E-state index contributed by atoms with van der Waals surface area (Å²) in [6.45, 7) is 0. The number of nitrogens with zero attached hydrogens (tertiary/aromatic N) is 1. The maximum absolute atomic E-state index is 11.2. The molecule has 1 heterocycles. The number of halogens is 1. The van der Waals surface area contributed by atoms with E-state index in [0.29, 0.717) is 5.13 Å². The highest BCUT2D eigenvalue weighted by Gasteiger charge is 2.07. The molecule has 0 saturated heterocycles. The minimum absolute atomic E-state index is 0.110. The molecule has 0 aliphatic rings. The normalized spacial score (nSPS) is 10.1. The van der Waals surface area contributed by atoms with Crippen molar-refractivity contribution in [3.63, 3.8) is 0 Å². The third-order valence-electron chi connectivity index (χ3n) is 2.24. The lowest BCUT2D eigenvalue weighted by Crippen LogP contribution is -2.11. The Labute approximate surface area is 117 Å². The van der Waals surface area contributed by atoms with Crippen molar-refractivity contribution >= 4 is 38.3 Å². The fraction of sp³-hybridized carbons (Fsp3) is 0.167. The number of hydrogen-bond donors (Lipinski definition) is 1. The molecule has 0 fully saturated rings. The Kier molecular flexibility index (Phi) is 4.33. The van der Waals surface area contributed by atoms with E-state index in [1.165, 1.54) is 11.3 Å². The summed E-state index contributed by atoms with van der Waals surface area (Å²) in [5, 5.41) is 5.46. The van der Waals surface area contributed by atoms with Gasteiger partial charge in [0.05, 0.1) is 18.1 Å². The van der Waals surface area contributed by atoms with Gasteiger partial charge in [-0.05, 0) is 12.1 Å². The van der Waals surface area contributed by atoms with Crippen molar-refractivity contribution in [3.05, 3.63) is 29.6 Å². The molecule has 2 aromatic rings. The van der Waals surface area contributed by atoms with Crippen LogP contribution < -0.4 is 10.1 Å². The molecule has 0 saturated carbocycles. The number of amides is 1. The zero-order valence-corrected chi connectivity index (χ0v) is 12.0. The van der Waals surface area contributed by atoms with E-state index in [1.54, 1.807) is 7.11 Å². The van der Waals surface area contributed by atoms with Gasteiger partial charge in [0.25, 0.3) is 0 Å². The van der Waals surface area contributed by atoms with Crippen LogP contribution >= 0.6 is 27.3 Å². The standard InChI is InChI=1S/C12H11BrN2O2S/c1-17-9-4-2-3-8(5-9)10-7-18-12(14-10)15-11(16)6-13/h2-5,7H,6H2,1H3,(H,14,15,16). The summed E-state index contributed by atoms with van der Waals surface area (Å²) in [5.41, 5.74) is 1.79. The quantitative estimate of drug-likeness (QED) is 0.878. The number of benzene rings is 1. The number of thiazole rings is 1. The summed E-state index contributed by atoms with van der Waals surface area (Å²) in [6, 6.07) is 7.65. The Balaban J connectivity index is 2.20. The van der Waals surface area contributed by atoms with Gasteiger partial charge in [0.15, 0.2) is 5.13 Å². The van der Waals surface area contributed by atoms with Crippen LogP contribution in [-0.4, -0.2) is 23.3 Å². The number of nitrogens with one attached hydrogen (secondary N) is 1. The summed E-state index contributed by atoms with van der Waals surface area (Å²) in [5.74, 6) is 0.674. The SMILES string of the molecule is COc1cccc(-c2csc(NC(=O)CBr)n2)c1. The second kappa shape index (κ2) is 5.97. The highest BCUT2D eigenvalue weighted by molar-refractivity contribution is 9.09. The Hall–Kier alpha value is -1.40. The molecule has 1 aromatic heterocycles. The fourth-order valence-corrected chi connectivity index (χ4v) is 2.27. The number of ether oxygens (including phenoxy) is 1. The lowest BCUT2D eigenvalue weighted by Gasteiger charge is -2.01. The van der Waals surface area contributed by atoms with Crippen LogP contribution in [0.4, 0.5) is 5.13 Å².